The average Bonchev–Trinajstić information content (AvgIpc) is 3.01. The molecule has 0 spiro atoms. The van der Waals surface area contributed by atoms with Gasteiger partial charge in [-0.05, 0) is 36.8 Å². The fourth-order valence-electron chi connectivity index (χ4n) is 2.37. The summed E-state index contributed by atoms with van der Waals surface area (Å²) in [7, 11) is 0. The standard InChI is InChI=1S/C19H18ClN3O2/c1-14-3-2-4-15(11-14)12-23-10-9-18(22-23)21-19(24)13-25-17-7-5-16(20)6-8-17/h2-11H,12-13H2,1H3,(H,21,22,24). The molecule has 3 rings (SSSR count). The molecule has 0 aliphatic carbocycles. The molecule has 1 heterocycles. The normalized spacial score (nSPS) is 10.5. The molecule has 0 unspecified atom stereocenters. The maximum absolute atomic E-state index is 12.0. The van der Waals surface area contributed by atoms with E-state index < -0.39 is 0 Å². The highest BCUT2D eigenvalue weighted by Crippen LogP contribution is 2.15. The van der Waals surface area contributed by atoms with Crippen molar-refractivity contribution >= 4 is 23.3 Å². The Morgan fingerprint density at radius 3 is 2.76 bits per heavy atom. The smallest absolute Gasteiger partial charge is 0.263 e. The molecule has 25 heavy (non-hydrogen) atoms. The van der Waals surface area contributed by atoms with Gasteiger partial charge in [0.25, 0.3) is 5.91 Å². The van der Waals surface area contributed by atoms with Crippen LogP contribution < -0.4 is 10.1 Å². The minimum atomic E-state index is -0.268. The molecule has 5 nitrogen and oxygen atoms in total. The first-order chi connectivity index (χ1) is 12.1. The molecule has 6 heteroatoms. The number of halogens is 1. The summed E-state index contributed by atoms with van der Waals surface area (Å²) in [4.78, 5) is 12.0. The first-order valence-electron chi connectivity index (χ1n) is 7.86. The number of hydrogen-bond acceptors (Lipinski definition) is 3. The molecule has 0 radical (unpaired) electrons. The molecule has 1 amide bonds. The zero-order valence-corrected chi connectivity index (χ0v) is 14.5. The lowest BCUT2D eigenvalue weighted by Crippen LogP contribution is -2.20. The van der Waals surface area contributed by atoms with Crippen molar-refractivity contribution in [3.8, 4) is 5.75 Å². The maximum atomic E-state index is 12.0. The summed E-state index contributed by atoms with van der Waals surface area (Å²) in [6.45, 7) is 2.62. The number of ether oxygens (including phenoxy) is 1. The van der Waals surface area contributed by atoms with Gasteiger partial charge in [-0.25, -0.2) is 0 Å². The van der Waals surface area contributed by atoms with Gasteiger partial charge in [0.05, 0.1) is 6.54 Å². The number of anilines is 1. The van der Waals surface area contributed by atoms with E-state index in [1.807, 2.05) is 18.3 Å². The molecule has 0 saturated carbocycles. The molecule has 128 valence electrons. The molecule has 0 atom stereocenters. The van der Waals surface area contributed by atoms with Crippen LogP contribution in [0.4, 0.5) is 5.82 Å². The van der Waals surface area contributed by atoms with Crippen LogP contribution in [0.25, 0.3) is 0 Å². The quantitative estimate of drug-likeness (QED) is 0.729. The fourth-order valence-corrected chi connectivity index (χ4v) is 2.50. The van der Waals surface area contributed by atoms with Gasteiger partial charge < -0.3 is 10.1 Å². The van der Waals surface area contributed by atoms with Crippen LogP contribution in [0, 0.1) is 6.92 Å². The number of rotatable bonds is 6. The van der Waals surface area contributed by atoms with Crippen LogP contribution in [-0.2, 0) is 11.3 Å². The van der Waals surface area contributed by atoms with Crippen LogP contribution in [0.1, 0.15) is 11.1 Å². The average molecular weight is 356 g/mol. The van der Waals surface area contributed by atoms with Crippen molar-refractivity contribution in [2.24, 2.45) is 0 Å². The van der Waals surface area contributed by atoms with Crippen LogP contribution in [0.3, 0.4) is 0 Å². The fraction of sp³-hybridized carbons (Fsp3) is 0.158. The third-order valence-electron chi connectivity index (χ3n) is 3.52. The highest BCUT2D eigenvalue weighted by atomic mass is 35.5. The Morgan fingerprint density at radius 1 is 1.20 bits per heavy atom. The van der Waals surface area contributed by atoms with Crippen molar-refractivity contribution in [2.45, 2.75) is 13.5 Å². The van der Waals surface area contributed by atoms with Gasteiger partial charge in [-0.2, -0.15) is 5.10 Å². The van der Waals surface area contributed by atoms with Gasteiger partial charge >= 0.3 is 0 Å². The van der Waals surface area contributed by atoms with Crippen molar-refractivity contribution < 1.29 is 9.53 Å². The number of hydrogen-bond donors (Lipinski definition) is 1. The highest BCUT2D eigenvalue weighted by Gasteiger charge is 2.07. The van der Waals surface area contributed by atoms with E-state index in [-0.39, 0.29) is 12.5 Å². The van der Waals surface area contributed by atoms with Gasteiger partial charge in [-0.3, -0.25) is 9.48 Å². The summed E-state index contributed by atoms with van der Waals surface area (Å²) < 4.78 is 7.19. The van der Waals surface area contributed by atoms with E-state index >= 15 is 0 Å². The lowest BCUT2D eigenvalue weighted by atomic mass is 10.1. The molecule has 0 aliphatic rings. The van der Waals surface area contributed by atoms with Gasteiger partial charge in [0.2, 0.25) is 0 Å². The summed E-state index contributed by atoms with van der Waals surface area (Å²) in [5.74, 6) is 0.817. The number of nitrogens with one attached hydrogen (secondary N) is 1. The van der Waals surface area contributed by atoms with Crippen LogP contribution in [-0.4, -0.2) is 22.3 Å². The summed E-state index contributed by atoms with van der Waals surface area (Å²) in [6.07, 6.45) is 1.83. The summed E-state index contributed by atoms with van der Waals surface area (Å²) >= 11 is 5.81. The number of nitrogens with zero attached hydrogens (tertiary/aromatic N) is 2. The van der Waals surface area contributed by atoms with Gasteiger partial charge in [0, 0.05) is 17.3 Å². The van der Waals surface area contributed by atoms with Gasteiger partial charge in [-0.1, -0.05) is 41.4 Å². The summed E-state index contributed by atoms with van der Waals surface area (Å²) in [5, 5.41) is 7.69. The van der Waals surface area contributed by atoms with Gasteiger partial charge in [-0.15, -0.1) is 0 Å². The Kier molecular flexibility index (Phi) is 5.36. The lowest BCUT2D eigenvalue weighted by molar-refractivity contribution is -0.118. The van der Waals surface area contributed by atoms with E-state index in [1.165, 1.54) is 5.56 Å². The zero-order valence-electron chi connectivity index (χ0n) is 13.8. The molecule has 0 aliphatic heterocycles. The highest BCUT2D eigenvalue weighted by molar-refractivity contribution is 6.30. The zero-order chi connectivity index (χ0) is 17.6. The molecule has 3 aromatic rings. The van der Waals surface area contributed by atoms with Crippen LogP contribution >= 0.6 is 11.6 Å². The van der Waals surface area contributed by atoms with Gasteiger partial charge in [0.1, 0.15) is 5.75 Å². The Balaban J connectivity index is 1.52. The molecule has 1 aromatic heterocycles. The van der Waals surface area contributed by atoms with Crippen LogP contribution in [0.2, 0.25) is 5.02 Å². The Hall–Kier alpha value is -2.79. The minimum Gasteiger partial charge on any atom is -0.484 e. The van der Waals surface area contributed by atoms with E-state index in [9.17, 15) is 4.79 Å². The number of aromatic nitrogens is 2. The summed E-state index contributed by atoms with van der Waals surface area (Å²) in [6, 6.07) is 16.8. The molecular formula is C19H18ClN3O2. The first kappa shape index (κ1) is 17.0. The lowest BCUT2D eigenvalue weighted by Gasteiger charge is -2.06. The second kappa shape index (κ2) is 7.85. The molecule has 0 fully saturated rings. The molecule has 1 N–H and O–H groups in total. The predicted molar refractivity (Wildman–Crippen MR) is 98.1 cm³/mol. The van der Waals surface area contributed by atoms with E-state index in [0.717, 1.165) is 5.56 Å². The van der Waals surface area contributed by atoms with E-state index in [2.05, 4.69) is 29.5 Å². The van der Waals surface area contributed by atoms with Gasteiger partial charge in [0.15, 0.2) is 12.4 Å². The number of carbonyl (C=O) groups excluding carboxylic acids is 1. The third kappa shape index (κ3) is 5.09. The van der Waals surface area contributed by atoms with Crippen molar-refractivity contribution in [3.63, 3.8) is 0 Å². The Morgan fingerprint density at radius 2 is 2.00 bits per heavy atom. The second-order valence-corrected chi connectivity index (χ2v) is 6.11. The molecule has 2 aromatic carbocycles. The number of benzene rings is 2. The maximum Gasteiger partial charge on any atom is 0.263 e. The summed E-state index contributed by atoms with van der Waals surface area (Å²) in [5.41, 5.74) is 2.37. The van der Waals surface area contributed by atoms with E-state index in [0.29, 0.717) is 23.1 Å². The Labute approximate surface area is 151 Å². The second-order valence-electron chi connectivity index (χ2n) is 5.68. The predicted octanol–water partition coefficient (Wildman–Crippen LogP) is 3.91. The third-order valence-corrected chi connectivity index (χ3v) is 3.77. The largest absolute Gasteiger partial charge is 0.484 e. The van der Waals surface area contributed by atoms with Crippen LogP contribution in [0.15, 0.2) is 60.8 Å². The number of amides is 1. The molecular weight excluding hydrogens is 338 g/mol. The molecule has 0 bridgehead atoms. The van der Waals surface area contributed by atoms with E-state index in [1.54, 1.807) is 35.0 Å². The number of aryl methyl sites for hydroxylation is 1. The van der Waals surface area contributed by atoms with Crippen molar-refractivity contribution in [1.29, 1.82) is 0 Å². The Bertz CT molecular complexity index is 859. The first-order valence-corrected chi connectivity index (χ1v) is 8.23. The SMILES string of the molecule is Cc1cccc(Cn2ccc(NC(=O)COc3ccc(Cl)cc3)n2)c1. The van der Waals surface area contributed by atoms with Crippen molar-refractivity contribution in [2.75, 3.05) is 11.9 Å². The number of carbonyl (C=O) groups is 1. The van der Waals surface area contributed by atoms with Crippen LogP contribution in [0.5, 0.6) is 5.75 Å². The van der Waals surface area contributed by atoms with Crippen molar-refractivity contribution in [1.82, 2.24) is 9.78 Å². The topological polar surface area (TPSA) is 56.2 Å². The van der Waals surface area contributed by atoms with E-state index in [4.69, 9.17) is 16.3 Å². The monoisotopic (exact) mass is 355 g/mol. The molecule has 0 saturated heterocycles. The van der Waals surface area contributed by atoms with Crippen molar-refractivity contribution in [3.05, 3.63) is 76.9 Å². The minimum absolute atomic E-state index is 0.0909.